The Labute approximate surface area is 182 Å². The summed E-state index contributed by atoms with van der Waals surface area (Å²) in [4.78, 5) is 30.3. The smallest absolute Gasteiger partial charge is 0.220 e. The van der Waals surface area contributed by atoms with E-state index in [9.17, 15) is 14.7 Å². The summed E-state index contributed by atoms with van der Waals surface area (Å²) < 4.78 is 5.42. The first-order chi connectivity index (χ1) is 15.0. The molecule has 6 heteroatoms. The second kappa shape index (κ2) is 9.02. The maximum Gasteiger partial charge on any atom is 0.220 e. The SMILES string of the molecule is CCCCCC(=O)CC(=O)C1=Cc2cc(OC)c(O)c([NH+]3C=C4N=CC=C4C3)c2CC1. The Morgan fingerprint density at radius 3 is 2.84 bits per heavy atom. The number of carbonyl (C=O) groups excluding carboxylic acids is 2. The van der Waals surface area contributed by atoms with E-state index in [4.69, 9.17) is 4.74 Å². The van der Waals surface area contributed by atoms with E-state index in [-0.39, 0.29) is 23.7 Å². The largest absolute Gasteiger partial charge is 0.500 e. The summed E-state index contributed by atoms with van der Waals surface area (Å²) >= 11 is 0. The van der Waals surface area contributed by atoms with Crippen LogP contribution in [0.25, 0.3) is 6.08 Å². The maximum atomic E-state index is 12.7. The van der Waals surface area contributed by atoms with Gasteiger partial charge in [0.15, 0.2) is 17.2 Å². The van der Waals surface area contributed by atoms with Crippen LogP contribution in [0.5, 0.6) is 11.5 Å². The second-order valence-corrected chi connectivity index (χ2v) is 8.34. The van der Waals surface area contributed by atoms with Gasteiger partial charge < -0.3 is 9.84 Å². The molecule has 1 aromatic carbocycles. The molecular weight excluding hydrogens is 392 g/mol. The zero-order valence-electron chi connectivity index (χ0n) is 18.2. The number of rotatable bonds is 9. The topological polar surface area (TPSA) is 80.4 Å². The summed E-state index contributed by atoms with van der Waals surface area (Å²) in [6, 6.07) is 1.78. The lowest BCUT2D eigenvalue weighted by Gasteiger charge is -2.23. The van der Waals surface area contributed by atoms with Gasteiger partial charge in [-0.05, 0) is 48.6 Å². The third-order valence-electron chi connectivity index (χ3n) is 6.21. The van der Waals surface area contributed by atoms with E-state index >= 15 is 0 Å². The molecule has 0 aromatic heterocycles. The van der Waals surface area contributed by atoms with Crippen LogP contribution in [0.2, 0.25) is 0 Å². The number of aromatic hydroxyl groups is 1. The van der Waals surface area contributed by atoms with Crippen LogP contribution in [0.15, 0.2) is 40.2 Å². The number of methoxy groups -OCH3 is 1. The number of nitrogens with zero attached hydrogens (tertiary/aromatic N) is 1. The normalized spacial score (nSPS) is 18.8. The number of Topliss-reactive ketones (excluding diaryl/α,β-unsaturated/α-hetero) is 2. The molecule has 4 rings (SSSR count). The summed E-state index contributed by atoms with van der Waals surface area (Å²) in [6.45, 7) is 2.81. The van der Waals surface area contributed by atoms with Gasteiger partial charge in [-0.1, -0.05) is 19.8 Å². The van der Waals surface area contributed by atoms with E-state index in [1.165, 1.54) is 7.11 Å². The quantitative estimate of drug-likeness (QED) is 0.365. The highest BCUT2D eigenvalue weighted by Gasteiger charge is 2.34. The number of hydrogen-bond donors (Lipinski definition) is 2. The van der Waals surface area contributed by atoms with Crippen molar-refractivity contribution in [3.63, 3.8) is 0 Å². The van der Waals surface area contributed by atoms with E-state index < -0.39 is 0 Å². The number of benzene rings is 1. The summed E-state index contributed by atoms with van der Waals surface area (Å²) in [7, 11) is 1.53. The fourth-order valence-corrected chi connectivity index (χ4v) is 4.54. The van der Waals surface area contributed by atoms with Gasteiger partial charge in [-0.2, -0.15) is 0 Å². The molecule has 2 N–H and O–H groups in total. The number of allylic oxidation sites excluding steroid dienone is 2. The molecule has 0 saturated carbocycles. The molecular formula is C25H29N2O4+. The number of phenolic OH excluding ortho intramolecular Hbond substituents is 1. The number of hydrogen-bond acceptors (Lipinski definition) is 5. The fraction of sp³-hybridized carbons (Fsp3) is 0.400. The standard InChI is InChI=1S/C25H28N2O4/c1-3-4-5-6-19(28)13-22(29)16-7-8-20-18(11-16)12-23(31-2)25(30)24(20)27-14-17-9-10-26-21(17)15-27/h9-12,15,30H,3-8,13-14H2,1-2H3/p+1. The Morgan fingerprint density at radius 1 is 1.26 bits per heavy atom. The minimum absolute atomic E-state index is 0.0163. The molecule has 0 bridgehead atoms. The first kappa shape index (κ1) is 21.2. The van der Waals surface area contributed by atoms with Crippen molar-refractivity contribution in [2.24, 2.45) is 4.99 Å². The van der Waals surface area contributed by atoms with Crippen molar-refractivity contribution in [2.45, 2.75) is 51.9 Å². The van der Waals surface area contributed by atoms with Crippen LogP contribution >= 0.6 is 0 Å². The first-order valence-corrected chi connectivity index (χ1v) is 11.0. The Bertz CT molecular complexity index is 1050. The predicted molar refractivity (Wildman–Crippen MR) is 120 cm³/mol. The van der Waals surface area contributed by atoms with E-state index in [0.29, 0.717) is 37.1 Å². The fourth-order valence-electron chi connectivity index (χ4n) is 4.54. The van der Waals surface area contributed by atoms with Crippen molar-refractivity contribution < 1.29 is 24.3 Å². The van der Waals surface area contributed by atoms with Crippen molar-refractivity contribution >= 4 is 29.5 Å². The number of fused-ring (bicyclic) bond motifs is 2. The van der Waals surface area contributed by atoms with E-state index in [0.717, 1.165) is 52.2 Å². The van der Waals surface area contributed by atoms with Crippen LogP contribution < -0.4 is 9.64 Å². The number of phenols is 1. The summed E-state index contributed by atoms with van der Waals surface area (Å²) in [5.41, 5.74) is 5.43. The van der Waals surface area contributed by atoms with Crippen LogP contribution in [0.4, 0.5) is 5.69 Å². The lowest BCUT2D eigenvalue weighted by Crippen LogP contribution is -3.01. The highest BCUT2D eigenvalue weighted by atomic mass is 16.5. The lowest BCUT2D eigenvalue weighted by molar-refractivity contribution is -0.764. The van der Waals surface area contributed by atoms with Crippen LogP contribution in [0, 0.1) is 0 Å². The average Bonchev–Trinajstić information content (AvgIpc) is 3.35. The summed E-state index contributed by atoms with van der Waals surface area (Å²) in [6.07, 6.45) is 12.2. The van der Waals surface area contributed by atoms with Crippen LogP contribution in [0.1, 0.15) is 56.6 Å². The number of ether oxygens (including phenoxy) is 1. The molecule has 0 spiro atoms. The van der Waals surface area contributed by atoms with Gasteiger partial charge in [-0.25, -0.2) is 0 Å². The number of ketones is 2. The minimum Gasteiger partial charge on any atom is -0.500 e. The third-order valence-corrected chi connectivity index (χ3v) is 6.21. The van der Waals surface area contributed by atoms with Crippen LogP contribution in [-0.2, 0) is 16.0 Å². The predicted octanol–water partition coefficient (Wildman–Crippen LogP) is 3.22. The lowest BCUT2D eigenvalue weighted by atomic mass is 9.87. The molecule has 1 atom stereocenters. The molecule has 0 saturated heterocycles. The monoisotopic (exact) mass is 421 g/mol. The van der Waals surface area contributed by atoms with Gasteiger partial charge in [-0.15, -0.1) is 0 Å². The molecule has 31 heavy (non-hydrogen) atoms. The Hall–Kier alpha value is -2.99. The minimum atomic E-state index is -0.0922. The molecule has 0 fully saturated rings. The highest BCUT2D eigenvalue weighted by Crippen LogP contribution is 2.41. The van der Waals surface area contributed by atoms with Gasteiger partial charge in [0.05, 0.1) is 13.5 Å². The van der Waals surface area contributed by atoms with Crippen molar-refractivity contribution in [3.05, 3.63) is 46.3 Å². The van der Waals surface area contributed by atoms with Gasteiger partial charge in [-0.3, -0.25) is 19.5 Å². The van der Waals surface area contributed by atoms with Gasteiger partial charge in [0.25, 0.3) is 0 Å². The number of nitrogens with one attached hydrogen (secondary N) is 1. The van der Waals surface area contributed by atoms with E-state index in [1.54, 1.807) is 12.3 Å². The molecule has 2 heterocycles. The third kappa shape index (κ3) is 4.26. The van der Waals surface area contributed by atoms with E-state index in [1.807, 2.05) is 18.4 Å². The molecule has 1 unspecified atom stereocenters. The van der Waals surface area contributed by atoms with Gasteiger partial charge >= 0.3 is 0 Å². The molecule has 2 aliphatic heterocycles. The van der Waals surface area contributed by atoms with Crippen molar-refractivity contribution in [1.82, 2.24) is 0 Å². The zero-order chi connectivity index (χ0) is 22.0. The summed E-state index contributed by atoms with van der Waals surface area (Å²) in [5.74, 6) is 0.440. The molecule has 162 valence electrons. The zero-order valence-corrected chi connectivity index (χ0v) is 18.2. The second-order valence-electron chi connectivity index (χ2n) is 8.34. The van der Waals surface area contributed by atoms with Crippen LogP contribution in [-0.4, -0.2) is 36.5 Å². The molecule has 3 aliphatic rings. The van der Waals surface area contributed by atoms with E-state index in [2.05, 4.69) is 11.9 Å². The average molecular weight is 422 g/mol. The Kier molecular flexibility index (Phi) is 6.18. The maximum absolute atomic E-state index is 12.7. The van der Waals surface area contributed by atoms with Crippen LogP contribution in [0.3, 0.4) is 0 Å². The van der Waals surface area contributed by atoms with Gasteiger partial charge in [0, 0.05) is 23.8 Å². The molecule has 1 aliphatic carbocycles. The first-order valence-electron chi connectivity index (χ1n) is 11.0. The highest BCUT2D eigenvalue weighted by molar-refractivity contribution is 6.10. The summed E-state index contributed by atoms with van der Waals surface area (Å²) in [5, 5.41) is 10.9. The number of aliphatic imine (C=N–C) groups is 1. The number of unbranched alkanes of at least 4 members (excludes halogenated alkanes) is 2. The van der Waals surface area contributed by atoms with Gasteiger partial charge in [0.1, 0.15) is 24.2 Å². The Balaban J connectivity index is 1.61. The molecule has 0 radical (unpaired) electrons. The molecule has 1 aromatic rings. The molecule has 6 nitrogen and oxygen atoms in total. The number of carbonyl (C=O) groups is 2. The van der Waals surface area contributed by atoms with Gasteiger partial charge in [0.2, 0.25) is 5.75 Å². The number of quaternary nitrogens is 1. The van der Waals surface area contributed by atoms with Crippen molar-refractivity contribution in [3.8, 4) is 11.5 Å². The molecule has 0 amide bonds. The van der Waals surface area contributed by atoms with Crippen molar-refractivity contribution in [1.29, 1.82) is 0 Å². The van der Waals surface area contributed by atoms with Crippen molar-refractivity contribution in [2.75, 3.05) is 13.7 Å². The Morgan fingerprint density at radius 2 is 2.10 bits per heavy atom.